The Morgan fingerprint density at radius 1 is 1.12 bits per heavy atom. The molecule has 0 fully saturated rings. The Balaban J connectivity index is 1.72. The van der Waals surface area contributed by atoms with E-state index in [1.807, 2.05) is 12.4 Å². The molecule has 132 valence electrons. The molecular formula is C19H24N4S2. The lowest BCUT2D eigenvalue weighted by Crippen LogP contribution is -2.23. The first kappa shape index (κ1) is 18.2. The van der Waals surface area contributed by atoms with E-state index in [9.17, 15) is 0 Å². The van der Waals surface area contributed by atoms with Crippen LogP contribution in [0.25, 0.3) is 0 Å². The third-order valence-electron chi connectivity index (χ3n) is 4.16. The average molecular weight is 373 g/mol. The van der Waals surface area contributed by atoms with Gasteiger partial charge < -0.3 is 5.32 Å². The van der Waals surface area contributed by atoms with Crippen LogP contribution < -0.4 is 5.32 Å². The average Bonchev–Trinajstić information content (AvgIpc) is 3.22. The largest absolute Gasteiger partial charge is 0.303 e. The summed E-state index contributed by atoms with van der Waals surface area (Å²) < 4.78 is 0. The number of hydrogen-bond acceptors (Lipinski definition) is 6. The predicted molar refractivity (Wildman–Crippen MR) is 105 cm³/mol. The van der Waals surface area contributed by atoms with Crippen molar-refractivity contribution in [3.05, 3.63) is 61.8 Å². The first-order valence-corrected chi connectivity index (χ1v) is 10.3. The maximum absolute atomic E-state index is 4.77. The van der Waals surface area contributed by atoms with Crippen molar-refractivity contribution in [2.75, 3.05) is 0 Å². The maximum Gasteiger partial charge on any atom is 0.130 e. The Morgan fingerprint density at radius 2 is 1.88 bits per heavy atom. The Kier molecular flexibility index (Phi) is 5.93. The van der Waals surface area contributed by atoms with Crippen molar-refractivity contribution in [3.8, 4) is 0 Å². The summed E-state index contributed by atoms with van der Waals surface area (Å²) in [4.78, 5) is 15.0. The van der Waals surface area contributed by atoms with Gasteiger partial charge >= 0.3 is 0 Å². The Bertz CT molecular complexity index is 772. The molecular weight excluding hydrogens is 348 g/mol. The molecule has 6 heteroatoms. The van der Waals surface area contributed by atoms with Gasteiger partial charge in [-0.15, -0.1) is 11.3 Å². The number of hydrogen-bond donors (Lipinski definition) is 1. The molecule has 1 atom stereocenters. The summed E-state index contributed by atoms with van der Waals surface area (Å²) in [6, 6.07) is 2.39. The second kappa shape index (κ2) is 8.17. The minimum Gasteiger partial charge on any atom is -0.303 e. The number of thiophene rings is 1. The van der Waals surface area contributed by atoms with Crippen LogP contribution in [0.3, 0.4) is 0 Å². The van der Waals surface area contributed by atoms with Gasteiger partial charge in [-0.1, -0.05) is 13.8 Å². The highest BCUT2D eigenvalue weighted by molar-refractivity contribution is 7.11. The van der Waals surface area contributed by atoms with Crippen molar-refractivity contribution in [2.45, 2.75) is 52.6 Å². The number of aryl methyl sites for hydroxylation is 2. The van der Waals surface area contributed by atoms with E-state index in [4.69, 9.17) is 4.98 Å². The molecule has 0 spiro atoms. The van der Waals surface area contributed by atoms with E-state index in [0.29, 0.717) is 5.92 Å². The van der Waals surface area contributed by atoms with Crippen molar-refractivity contribution in [1.29, 1.82) is 0 Å². The van der Waals surface area contributed by atoms with Crippen molar-refractivity contribution < 1.29 is 0 Å². The maximum atomic E-state index is 4.77. The minimum absolute atomic E-state index is 0.205. The molecule has 0 saturated heterocycles. The molecule has 3 aromatic heterocycles. The smallest absolute Gasteiger partial charge is 0.130 e. The molecule has 0 aromatic carbocycles. The van der Waals surface area contributed by atoms with Crippen LogP contribution >= 0.6 is 22.7 Å². The standard InChI is InChI=1S/C19H24N4S2/c1-12(2)18-21-9-16(10-22-18)8-20-17(7-15-5-6-24-11-15)19-23-13(3)14(4)25-19/h5-6,9-12,17,20H,7-8H2,1-4H3. The van der Waals surface area contributed by atoms with Crippen LogP contribution in [0.5, 0.6) is 0 Å². The minimum atomic E-state index is 0.205. The summed E-state index contributed by atoms with van der Waals surface area (Å²) in [5.74, 6) is 1.25. The van der Waals surface area contributed by atoms with Crippen molar-refractivity contribution >= 4 is 22.7 Å². The fourth-order valence-corrected chi connectivity index (χ4v) is 4.21. The van der Waals surface area contributed by atoms with Gasteiger partial charge in [0.15, 0.2) is 0 Å². The third-order valence-corrected chi connectivity index (χ3v) is 6.08. The van der Waals surface area contributed by atoms with Gasteiger partial charge in [-0.25, -0.2) is 15.0 Å². The molecule has 0 saturated carbocycles. The van der Waals surface area contributed by atoms with Gasteiger partial charge in [0.05, 0.1) is 11.7 Å². The van der Waals surface area contributed by atoms with Gasteiger partial charge in [-0.2, -0.15) is 11.3 Å². The quantitative estimate of drug-likeness (QED) is 0.647. The molecule has 0 aliphatic carbocycles. The Morgan fingerprint density at radius 3 is 2.44 bits per heavy atom. The fourth-order valence-electron chi connectivity index (χ4n) is 2.53. The zero-order chi connectivity index (χ0) is 17.8. The Hall–Kier alpha value is -1.63. The second-order valence-electron chi connectivity index (χ2n) is 6.57. The molecule has 4 nitrogen and oxygen atoms in total. The van der Waals surface area contributed by atoms with Gasteiger partial charge in [0.25, 0.3) is 0 Å². The summed E-state index contributed by atoms with van der Waals surface area (Å²) in [7, 11) is 0. The third kappa shape index (κ3) is 4.71. The SMILES string of the molecule is Cc1nc(C(Cc2ccsc2)NCc2cnc(C(C)C)nc2)sc1C. The zero-order valence-electron chi connectivity index (χ0n) is 15.1. The summed E-state index contributed by atoms with van der Waals surface area (Å²) >= 11 is 3.52. The first-order valence-electron chi connectivity index (χ1n) is 8.52. The van der Waals surface area contributed by atoms with E-state index < -0.39 is 0 Å². The molecule has 0 amide bonds. The van der Waals surface area contributed by atoms with Crippen LogP contribution in [0.2, 0.25) is 0 Å². The molecule has 0 aliphatic rings. The molecule has 0 radical (unpaired) electrons. The van der Waals surface area contributed by atoms with E-state index in [2.05, 4.69) is 59.8 Å². The first-order chi connectivity index (χ1) is 12.0. The monoisotopic (exact) mass is 372 g/mol. The van der Waals surface area contributed by atoms with Crippen LogP contribution in [0.1, 0.15) is 58.3 Å². The summed E-state index contributed by atoms with van der Waals surface area (Å²) in [6.45, 7) is 9.17. The summed E-state index contributed by atoms with van der Waals surface area (Å²) in [6.07, 6.45) is 4.80. The van der Waals surface area contributed by atoms with Gasteiger partial charge in [0.2, 0.25) is 0 Å². The van der Waals surface area contributed by atoms with Crippen molar-refractivity contribution in [1.82, 2.24) is 20.3 Å². The van der Waals surface area contributed by atoms with Gasteiger partial charge in [-0.05, 0) is 42.7 Å². The molecule has 1 N–H and O–H groups in total. The highest BCUT2D eigenvalue weighted by Crippen LogP contribution is 2.26. The highest BCUT2D eigenvalue weighted by Gasteiger charge is 2.17. The highest BCUT2D eigenvalue weighted by atomic mass is 32.1. The normalized spacial score (nSPS) is 12.7. The van der Waals surface area contributed by atoms with E-state index in [-0.39, 0.29) is 6.04 Å². The van der Waals surface area contributed by atoms with E-state index >= 15 is 0 Å². The van der Waals surface area contributed by atoms with Crippen LogP contribution in [-0.4, -0.2) is 15.0 Å². The molecule has 0 aliphatic heterocycles. The Labute approximate surface area is 157 Å². The van der Waals surface area contributed by atoms with Crippen LogP contribution in [-0.2, 0) is 13.0 Å². The number of nitrogens with zero attached hydrogens (tertiary/aromatic N) is 3. The lowest BCUT2D eigenvalue weighted by molar-refractivity contribution is 0.526. The lowest BCUT2D eigenvalue weighted by atomic mass is 10.1. The lowest BCUT2D eigenvalue weighted by Gasteiger charge is -2.16. The van der Waals surface area contributed by atoms with Crippen LogP contribution in [0.4, 0.5) is 0 Å². The molecule has 3 rings (SSSR count). The summed E-state index contributed by atoms with van der Waals surface area (Å²) in [5.41, 5.74) is 3.57. The van der Waals surface area contributed by atoms with E-state index in [1.54, 1.807) is 22.7 Å². The number of thiazole rings is 1. The fraction of sp³-hybridized carbons (Fsp3) is 0.421. The topological polar surface area (TPSA) is 50.7 Å². The summed E-state index contributed by atoms with van der Waals surface area (Å²) in [5, 5.41) is 9.15. The number of aromatic nitrogens is 3. The predicted octanol–water partition coefficient (Wildman–Crippen LogP) is 4.81. The van der Waals surface area contributed by atoms with Crippen LogP contribution in [0, 0.1) is 13.8 Å². The van der Waals surface area contributed by atoms with Crippen molar-refractivity contribution in [2.24, 2.45) is 0 Å². The molecule has 0 bridgehead atoms. The molecule has 1 unspecified atom stereocenters. The van der Waals surface area contributed by atoms with Crippen molar-refractivity contribution in [3.63, 3.8) is 0 Å². The second-order valence-corrected chi connectivity index (χ2v) is 8.58. The van der Waals surface area contributed by atoms with E-state index in [0.717, 1.165) is 35.1 Å². The number of rotatable bonds is 7. The molecule has 25 heavy (non-hydrogen) atoms. The molecule has 3 aromatic rings. The van der Waals surface area contributed by atoms with Gasteiger partial charge in [-0.3, -0.25) is 0 Å². The van der Waals surface area contributed by atoms with E-state index in [1.165, 1.54) is 10.4 Å². The molecule has 3 heterocycles. The van der Waals surface area contributed by atoms with Crippen LogP contribution in [0.15, 0.2) is 29.2 Å². The zero-order valence-corrected chi connectivity index (χ0v) is 16.7. The van der Waals surface area contributed by atoms with Gasteiger partial charge in [0.1, 0.15) is 10.8 Å². The number of nitrogens with one attached hydrogen (secondary N) is 1. The van der Waals surface area contributed by atoms with Gasteiger partial charge in [0, 0.05) is 35.3 Å².